The van der Waals surface area contributed by atoms with Crippen molar-refractivity contribution in [2.75, 3.05) is 11.9 Å². The number of nitrogens with one attached hydrogen (secondary N) is 2. The summed E-state index contributed by atoms with van der Waals surface area (Å²) >= 11 is 0. The average molecular weight is 355 g/mol. The minimum absolute atomic E-state index is 0.0396. The van der Waals surface area contributed by atoms with Gasteiger partial charge in [-0.2, -0.15) is 0 Å². The van der Waals surface area contributed by atoms with Gasteiger partial charge in [-0.3, -0.25) is 14.9 Å². The molecule has 0 aliphatic rings. The molecule has 1 atom stereocenters. The number of anilines is 1. The van der Waals surface area contributed by atoms with Gasteiger partial charge in [0.05, 0.1) is 11.0 Å². The Labute approximate surface area is 153 Å². The monoisotopic (exact) mass is 355 g/mol. The molecule has 0 bridgehead atoms. The van der Waals surface area contributed by atoms with Crippen molar-refractivity contribution < 1.29 is 9.72 Å². The molecule has 0 aliphatic carbocycles. The number of non-ortho nitro benzene ring substituents is 1. The molecule has 0 saturated heterocycles. The van der Waals surface area contributed by atoms with E-state index in [-0.39, 0.29) is 17.6 Å². The number of benzene rings is 2. The Morgan fingerprint density at radius 3 is 2.42 bits per heavy atom. The largest absolute Gasteiger partial charge is 0.385 e. The lowest BCUT2D eigenvalue weighted by atomic mass is 10.0. The van der Waals surface area contributed by atoms with Gasteiger partial charge in [-0.15, -0.1) is 0 Å². The molecule has 1 amide bonds. The van der Waals surface area contributed by atoms with E-state index in [0.29, 0.717) is 19.4 Å². The first-order chi connectivity index (χ1) is 12.6. The van der Waals surface area contributed by atoms with E-state index in [9.17, 15) is 14.9 Å². The minimum Gasteiger partial charge on any atom is -0.385 e. The van der Waals surface area contributed by atoms with Crippen LogP contribution < -0.4 is 10.6 Å². The zero-order valence-electron chi connectivity index (χ0n) is 15.0. The maximum Gasteiger partial charge on any atom is 0.269 e. The molecule has 0 spiro atoms. The molecule has 0 unspecified atom stereocenters. The fourth-order valence-electron chi connectivity index (χ4n) is 2.75. The van der Waals surface area contributed by atoms with Gasteiger partial charge >= 0.3 is 0 Å². The van der Waals surface area contributed by atoms with Crippen molar-refractivity contribution in [3.63, 3.8) is 0 Å². The molecule has 6 nitrogen and oxygen atoms in total. The standard InChI is InChI=1S/C20H25N3O3/c1-2-7-19(16-8-4-3-5-9-16)22-20(24)10-6-15-21-17-11-13-18(14-12-17)23(25)26/h3-5,8-9,11-14,19,21H,2,6-7,10,15H2,1H3,(H,22,24)/t19-/m0/s1. The third-order valence-electron chi connectivity index (χ3n) is 4.10. The van der Waals surface area contributed by atoms with Gasteiger partial charge in [0.1, 0.15) is 0 Å². The summed E-state index contributed by atoms with van der Waals surface area (Å²) in [4.78, 5) is 22.4. The van der Waals surface area contributed by atoms with E-state index in [1.165, 1.54) is 12.1 Å². The summed E-state index contributed by atoms with van der Waals surface area (Å²) < 4.78 is 0. The number of carbonyl (C=O) groups is 1. The molecule has 0 saturated carbocycles. The molecule has 2 aromatic rings. The maximum atomic E-state index is 12.2. The van der Waals surface area contributed by atoms with Crippen molar-refractivity contribution >= 4 is 17.3 Å². The van der Waals surface area contributed by atoms with E-state index < -0.39 is 4.92 Å². The second-order valence-corrected chi connectivity index (χ2v) is 6.15. The topological polar surface area (TPSA) is 84.3 Å². The third-order valence-corrected chi connectivity index (χ3v) is 4.10. The molecule has 2 rings (SSSR count). The molecule has 2 aromatic carbocycles. The second-order valence-electron chi connectivity index (χ2n) is 6.15. The number of hydrogen-bond acceptors (Lipinski definition) is 4. The first-order valence-electron chi connectivity index (χ1n) is 8.92. The van der Waals surface area contributed by atoms with E-state index in [4.69, 9.17) is 0 Å². The number of rotatable bonds is 10. The molecule has 0 heterocycles. The van der Waals surface area contributed by atoms with E-state index in [1.54, 1.807) is 12.1 Å². The lowest BCUT2D eigenvalue weighted by molar-refractivity contribution is -0.384. The summed E-state index contributed by atoms with van der Waals surface area (Å²) in [7, 11) is 0. The fourth-order valence-corrected chi connectivity index (χ4v) is 2.75. The molecular weight excluding hydrogens is 330 g/mol. The number of amides is 1. The SMILES string of the molecule is CCC[C@H](NC(=O)CCCNc1ccc([N+](=O)[O-])cc1)c1ccccc1. The van der Waals surface area contributed by atoms with Crippen LogP contribution in [0.15, 0.2) is 54.6 Å². The zero-order chi connectivity index (χ0) is 18.8. The molecule has 0 fully saturated rings. The van der Waals surface area contributed by atoms with Crippen LogP contribution in [0.4, 0.5) is 11.4 Å². The predicted molar refractivity (Wildman–Crippen MR) is 103 cm³/mol. The fraction of sp³-hybridized carbons (Fsp3) is 0.350. The van der Waals surface area contributed by atoms with Crippen LogP contribution in [0.25, 0.3) is 0 Å². The van der Waals surface area contributed by atoms with Crippen molar-refractivity contribution in [1.29, 1.82) is 0 Å². The summed E-state index contributed by atoms with van der Waals surface area (Å²) in [5.74, 6) is 0.0396. The van der Waals surface area contributed by atoms with E-state index in [1.807, 2.05) is 30.3 Å². The van der Waals surface area contributed by atoms with E-state index >= 15 is 0 Å². The van der Waals surface area contributed by atoms with Crippen LogP contribution in [0.2, 0.25) is 0 Å². The zero-order valence-corrected chi connectivity index (χ0v) is 15.0. The summed E-state index contributed by atoms with van der Waals surface area (Å²) in [6.45, 7) is 2.74. The Balaban J connectivity index is 1.74. The Bertz CT molecular complexity index is 702. The predicted octanol–water partition coefficient (Wildman–Crippen LogP) is 4.44. The summed E-state index contributed by atoms with van der Waals surface area (Å²) in [5.41, 5.74) is 2.01. The normalized spacial score (nSPS) is 11.6. The average Bonchev–Trinajstić information content (AvgIpc) is 2.66. The highest BCUT2D eigenvalue weighted by Gasteiger charge is 2.13. The number of carbonyl (C=O) groups excluding carboxylic acids is 1. The summed E-state index contributed by atoms with van der Waals surface area (Å²) in [5, 5.41) is 16.9. The van der Waals surface area contributed by atoms with Crippen LogP contribution >= 0.6 is 0 Å². The number of nitro groups is 1. The van der Waals surface area contributed by atoms with Crippen LogP contribution in [0.5, 0.6) is 0 Å². The highest BCUT2D eigenvalue weighted by molar-refractivity contribution is 5.76. The van der Waals surface area contributed by atoms with Crippen molar-refractivity contribution in [1.82, 2.24) is 5.32 Å². The Morgan fingerprint density at radius 2 is 1.81 bits per heavy atom. The molecule has 2 N–H and O–H groups in total. The van der Waals surface area contributed by atoms with Gasteiger partial charge < -0.3 is 10.6 Å². The Hall–Kier alpha value is -2.89. The van der Waals surface area contributed by atoms with Crippen LogP contribution in [0.3, 0.4) is 0 Å². The lowest BCUT2D eigenvalue weighted by Gasteiger charge is -2.18. The first kappa shape index (κ1) is 19.4. The summed E-state index contributed by atoms with van der Waals surface area (Å²) in [6.07, 6.45) is 3.04. The lowest BCUT2D eigenvalue weighted by Crippen LogP contribution is -2.28. The third kappa shape index (κ3) is 6.20. The van der Waals surface area contributed by atoms with Gasteiger partial charge in [-0.05, 0) is 30.5 Å². The van der Waals surface area contributed by atoms with Crippen LogP contribution in [-0.2, 0) is 4.79 Å². The van der Waals surface area contributed by atoms with Gasteiger partial charge in [0.15, 0.2) is 0 Å². The molecule has 0 radical (unpaired) electrons. The van der Waals surface area contributed by atoms with Crippen LogP contribution in [-0.4, -0.2) is 17.4 Å². The smallest absolute Gasteiger partial charge is 0.269 e. The number of hydrogen-bond donors (Lipinski definition) is 2. The highest BCUT2D eigenvalue weighted by Crippen LogP contribution is 2.18. The quantitative estimate of drug-likeness (QED) is 0.375. The second kappa shape index (κ2) is 10.2. The van der Waals surface area contributed by atoms with Gasteiger partial charge in [-0.25, -0.2) is 0 Å². The van der Waals surface area contributed by atoms with Gasteiger partial charge in [0, 0.05) is 30.8 Å². The molecule has 26 heavy (non-hydrogen) atoms. The highest BCUT2D eigenvalue weighted by atomic mass is 16.6. The Morgan fingerprint density at radius 1 is 1.12 bits per heavy atom. The van der Waals surface area contributed by atoms with Crippen LogP contribution in [0, 0.1) is 10.1 Å². The molecule has 138 valence electrons. The molecular formula is C20H25N3O3. The van der Waals surface area contributed by atoms with Crippen molar-refractivity contribution in [3.05, 3.63) is 70.3 Å². The number of nitrogens with zero attached hydrogens (tertiary/aromatic N) is 1. The molecule has 0 aromatic heterocycles. The van der Waals surface area contributed by atoms with Gasteiger partial charge in [0.2, 0.25) is 5.91 Å². The van der Waals surface area contributed by atoms with Gasteiger partial charge in [0.25, 0.3) is 5.69 Å². The Kier molecular flexibility index (Phi) is 7.61. The van der Waals surface area contributed by atoms with Crippen molar-refractivity contribution in [2.24, 2.45) is 0 Å². The van der Waals surface area contributed by atoms with Crippen molar-refractivity contribution in [3.8, 4) is 0 Å². The van der Waals surface area contributed by atoms with Crippen LogP contribution in [0.1, 0.15) is 44.2 Å². The minimum atomic E-state index is -0.423. The van der Waals surface area contributed by atoms with Crippen molar-refractivity contribution in [2.45, 2.75) is 38.6 Å². The number of nitro benzene ring substituents is 1. The first-order valence-corrected chi connectivity index (χ1v) is 8.92. The molecule has 0 aliphatic heterocycles. The maximum absolute atomic E-state index is 12.2. The summed E-state index contributed by atoms with van der Waals surface area (Å²) in [6, 6.07) is 16.3. The van der Waals surface area contributed by atoms with Gasteiger partial charge in [-0.1, -0.05) is 43.7 Å². The van der Waals surface area contributed by atoms with E-state index in [0.717, 1.165) is 24.1 Å². The van der Waals surface area contributed by atoms with E-state index in [2.05, 4.69) is 17.6 Å². The molecule has 6 heteroatoms.